The Morgan fingerprint density at radius 2 is 0.818 bits per heavy atom. The molecule has 0 aliphatic rings. The third kappa shape index (κ3) is 16.2. The highest BCUT2D eigenvalue weighted by Crippen LogP contribution is 1.95. The van der Waals surface area contributed by atoms with Crippen molar-refractivity contribution in [1.82, 2.24) is 4.90 Å². The highest BCUT2D eigenvalue weighted by Gasteiger charge is 2.05. The molecule has 0 amide bonds. The SMILES string of the molecule is CCCCOCCN(CCOCCCC)CCOCCCC. The second-order valence-electron chi connectivity index (χ2n) is 5.74. The minimum Gasteiger partial charge on any atom is -0.380 e. The van der Waals surface area contributed by atoms with Crippen LogP contribution in [0.5, 0.6) is 0 Å². The molecule has 0 N–H and O–H groups in total. The van der Waals surface area contributed by atoms with Crippen LogP contribution < -0.4 is 0 Å². The number of rotatable bonds is 18. The molecule has 0 unspecified atom stereocenters. The Morgan fingerprint density at radius 3 is 1.09 bits per heavy atom. The predicted octanol–water partition coefficient (Wildman–Crippen LogP) is 3.74. The first-order valence-corrected chi connectivity index (χ1v) is 9.30. The van der Waals surface area contributed by atoms with Gasteiger partial charge in [-0.25, -0.2) is 0 Å². The molecule has 0 aromatic heterocycles. The molecule has 0 heterocycles. The molecule has 0 bridgehead atoms. The molecule has 0 aromatic carbocycles. The summed E-state index contributed by atoms with van der Waals surface area (Å²) in [5.74, 6) is 0. The third-order valence-corrected chi connectivity index (χ3v) is 3.58. The summed E-state index contributed by atoms with van der Waals surface area (Å²) in [5, 5.41) is 0. The Balaban J connectivity index is 3.72. The maximum Gasteiger partial charge on any atom is 0.0593 e. The second-order valence-corrected chi connectivity index (χ2v) is 5.74. The van der Waals surface area contributed by atoms with E-state index < -0.39 is 0 Å². The zero-order chi connectivity index (χ0) is 16.3. The van der Waals surface area contributed by atoms with Crippen LogP contribution in [-0.2, 0) is 14.2 Å². The Bertz CT molecular complexity index is 169. The van der Waals surface area contributed by atoms with Crippen molar-refractivity contribution in [2.24, 2.45) is 0 Å². The van der Waals surface area contributed by atoms with E-state index in [0.717, 1.165) is 78.5 Å². The van der Waals surface area contributed by atoms with Gasteiger partial charge >= 0.3 is 0 Å². The normalized spacial score (nSPS) is 11.5. The van der Waals surface area contributed by atoms with Gasteiger partial charge in [-0.05, 0) is 19.3 Å². The average molecular weight is 318 g/mol. The van der Waals surface area contributed by atoms with E-state index in [2.05, 4.69) is 25.7 Å². The van der Waals surface area contributed by atoms with Gasteiger partial charge in [-0.3, -0.25) is 4.90 Å². The lowest BCUT2D eigenvalue weighted by atomic mass is 10.3. The van der Waals surface area contributed by atoms with E-state index in [1.54, 1.807) is 0 Å². The van der Waals surface area contributed by atoms with Gasteiger partial charge in [-0.1, -0.05) is 40.0 Å². The molecular formula is C18H39NO3. The molecule has 0 aliphatic carbocycles. The van der Waals surface area contributed by atoms with Crippen molar-refractivity contribution in [3.63, 3.8) is 0 Å². The zero-order valence-electron chi connectivity index (χ0n) is 15.3. The summed E-state index contributed by atoms with van der Waals surface area (Å²) in [4.78, 5) is 2.39. The van der Waals surface area contributed by atoms with Crippen LogP contribution in [0.15, 0.2) is 0 Å². The molecule has 4 heteroatoms. The largest absolute Gasteiger partial charge is 0.380 e. The number of ether oxygens (including phenoxy) is 3. The molecule has 0 atom stereocenters. The minimum atomic E-state index is 0.809. The van der Waals surface area contributed by atoms with Gasteiger partial charge in [0.15, 0.2) is 0 Å². The van der Waals surface area contributed by atoms with Crippen LogP contribution in [0.2, 0.25) is 0 Å². The Hall–Kier alpha value is -0.160. The van der Waals surface area contributed by atoms with Crippen LogP contribution >= 0.6 is 0 Å². The van der Waals surface area contributed by atoms with E-state index >= 15 is 0 Å². The summed E-state index contributed by atoms with van der Waals surface area (Å²) < 4.78 is 17.0. The fourth-order valence-corrected chi connectivity index (χ4v) is 1.96. The van der Waals surface area contributed by atoms with Gasteiger partial charge in [0.05, 0.1) is 19.8 Å². The van der Waals surface area contributed by atoms with Gasteiger partial charge in [0.2, 0.25) is 0 Å². The molecule has 0 rings (SSSR count). The van der Waals surface area contributed by atoms with E-state index in [0.29, 0.717) is 0 Å². The number of nitrogens with zero attached hydrogens (tertiary/aromatic N) is 1. The molecule has 0 saturated heterocycles. The maximum absolute atomic E-state index is 5.67. The van der Waals surface area contributed by atoms with Crippen molar-refractivity contribution in [3.8, 4) is 0 Å². The summed E-state index contributed by atoms with van der Waals surface area (Å²) in [5.41, 5.74) is 0. The maximum atomic E-state index is 5.67. The van der Waals surface area contributed by atoms with E-state index in [9.17, 15) is 0 Å². The van der Waals surface area contributed by atoms with E-state index in [-0.39, 0.29) is 0 Å². The van der Waals surface area contributed by atoms with Crippen molar-refractivity contribution < 1.29 is 14.2 Å². The molecule has 0 saturated carbocycles. The molecule has 0 aromatic rings. The number of hydrogen-bond donors (Lipinski definition) is 0. The van der Waals surface area contributed by atoms with Gasteiger partial charge in [-0.15, -0.1) is 0 Å². The predicted molar refractivity (Wildman–Crippen MR) is 93.6 cm³/mol. The lowest BCUT2D eigenvalue weighted by molar-refractivity contribution is 0.0513. The van der Waals surface area contributed by atoms with Gasteiger partial charge in [0.1, 0.15) is 0 Å². The third-order valence-electron chi connectivity index (χ3n) is 3.58. The zero-order valence-corrected chi connectivity index (χ0v) is 15.3. The Labute approximate surface area is 138 Å². The topological polar surface area (TPSA) is 30.9 Å². The molecular weight excluding hydrogens is 278 g/mol. The Kier molecular flexibility index (Phi) is 18.8. The second kappa shape index (κ2) is 18.9. The van der Waals surface area contributed by atoms with Gasteiger partial charge in [-0.2, -0.15) is 0 Å². The van der Waals surface area contributed by atoms with E-state index in [1.807, 2.05) is 0 Å². The monoisotopic (exact) mass is 317 g/mol. The minimum absolute atomic E-state index is 0.809. The quantitative estimate of drug-likeness (QED) is 0.360. The molecule has 0 fully saturated rings. The summed E-state index contributed by atoms with van der Waals surface area (Å²) in [6.45, 7) is 14.6. The van der Waals surface area contributed by atoms with Crippen molar-refractivity contribution in [2.75, 3.05) is 59.3 Å². The van der Waals surface area contributed by atoms with Crippen molar-refractivity contribution in [1.29, 1.82) is 0 Å². The van der Waals surface area contributed by atoms with E-state index in [1.165, 1.54) is 19.3 Å². The summed E-state index contributed by atoms with van der Waals surface area (Å²) in [6.07, 6.45) is 7.04. The highest BCUT2D eigenvalue weighted by atomic mass is 16.5. The molecule has 134 valence electrons. The lowest BCUT2D eigenvalue weighted by Crippen LogP contribution is -2.34. The van der Waals surface area contributed by atoms with Crippen LogP contribution in [0.3, 0.4) is 0 Å². The van der Waals surface area contributed by atoms with Gasteiger partial charge in [0, 0.05) is 39.5 Å². The molecule has 0 radical (unpaired) electrons. The fourth-order valence-electron chi connectivity index (χ4n) is 1.96. The summed E-state index contributed by atoms with van der Waals surface area (Å²) in [7, 11) is 0. The number of unbranched alkanes of at least 4 members (excludes halogenated alkanes) is 3. The standard InChI is InChI=1S/C18H39NO3/c1-4-7-13-20-16-10-19(11-17-21-14-8-5-2)12-18-22-15-9-6-3/h4-18H2,1-3H3. The van der Waals surface area contributed by atoms with Crippen molar-refractivity contribution in [3.05, 3.63) is 0 Å². The van der Waals surface area contributed by atoms with Crippen LogP contribution in [-0.4, -0.2) is 64.2 Å². The smallest absolute Gasteiger partial charge is 0.0593 e. The van der Waals surface area contributed by atoms with Crippen LogP contribution in [0, 0.1) is 0 Å². The average Bonchev–Trinajstić information content (AvgIpc) is 2.53. The fraction of sp³-hybridized carbons (Fsp3) is 1.00. The van der Waals surface area contributed by atoms with Crippen LogP contribution in [0.1, 0.15) is 59.3 Å². The molecule has 22 heavy (non-hydrogen) atoms. The first kappa shape index (κ1) is 21.8. The first-order chi connectivity index (χ1) is 10.8. The number of hydrogen-bond acceptors (Lipinski definition) is 4. The lowest BCUT2D eigenvalue weighted by Gasteiger charge is -2.22. The van der Waals surface area contributed by atoms with E-state index in [4.69, 9.17) is 14.2 Å². The van der Waals surface area contributed by atoms with Crippen LogP contribution in [0.4, 0.5) is 0 Å². The van der Waals surface area contributed by atoms with Gasteiger partial charge in [0.25, 0.3) is 0 Å². The van der Waals surface area contributed by atoms with Gasteiger partial charge < -0.3 is 14.2 Å². The van der Waals surface area contributed by atoms with Crippen molar-refractivity contribution in [2.45, 2.75) is 59.3 Å². The molecule has 4 nitrogen and oxygen atoms in total. The Morgan fingerprint density at radius 1 is 0.500 bits per heavy atom. The molecule has 0 aliphatic heterocycles. The summed E-state index contributed by atoms with van der Waals surface area (Å²) in [6, 6.07) is 0. The van der Waals surface area contributed by atoms with Crippen molar-refractivity contribution >= 4 is 0 Å². The molecule has 0 spiro atoms. The highest BCUT2D eigenvalue weighted by molar-refractivity contribution is 4.57. The summed E-state index contributed by atoms with van der Waals surface area (Å²) >= 11 is 0. The van der Waals surface area contributed by atoms with Crippen LogP contribution in [0.25, 0.3) is 0 Å². The first-order valence-electron chi connectivity index (χ1n) is 9.30.